The molecule has 0 spiro atoms. The number of rotatable bonds is 2. The number of carbonyl (C=O) groups is 2. The smallest absolute Gasteiger partial charge is 0.229 e. The van der Waals surface area contributed by atoms with Crippen molar-refractivity contribution in [2.75, 3.05) is 13.1 Å². The minimum atomic E-state index is 0.208. The molecule has 2 saturated heterocycles. The van der Waals surface area contributed by atoms with Gasteiger partial charge in [-0.25, -0.2) is 0 Å². The maximum atomic E-state index is 11.0. The Morgan fingerprint density at radius 3 is 2.06 bits per heavy atom. The van der Waals surface area contributed by atoms with E-state index < -0.39 is 0 Å². The van der Waals surface area contributed by atoms with Crippen LogP contribution in [0.25, 0.3) is 0 Å². The van der Waals surface area contributed by atoms with E-state index >= 15 is 0 Å². The van der Waals surface area contributed by atoms with E-state index in [1.807, 2.05) is 6.92 Å². The summed E-state index contributed by atoms with van der Waals surface area (Å²) in [6, 6.07) is 0. The molecule has 2 aliphatic heterocycles. The maximum absolute atomic E-state index is 11.0. The summed E-state index contributed by atoms with van der Waals surface area (Å²) in [6.45, 7) is 10.7. The first kappa shape index (κ1) is 13.5. The Morgan fingerprint density at radius 2 is 1.82 bits per heavy atom. The normalized spacial score (nSPS) is 23.5. The van der Waals surface area contributed by atoms with Crippen molar-refractivity contribution in [1.82, 2.24) is 9.80 Å². The summed E-state index contributed by atoms with van der Waals surface area (Å²) in [7, 11) is 0. The fourth-order valence-electron chi connectivity index (χ4n) is 1.89. The third kappa shape index (κ3) is 3.44. The maximum Gasteiger partial charge on any atom is 0.229 e. The van der Waals surface area contributed by atoms with Crippen molar-refractivity contribution in [2.24, 2.45) is 5.92 Å². The van der Waals surface area contributed by atoms with Crippen LogP contribution in [0.5, 0.6) is 0 Å². The van der Waals surface area contributed by atoms with Crippen LogP contribution in [0.15, 0.2) is 25.6 Å². The van der Waals surface area contributed by atoms with E-state index in [4.69, 9.17) is 0 Å². The Hall–Kier alpha value is -1.58. The van der Waals surface area contributed by atoms with Gasteiger partial charge in [-0.15, -0.1) is 0 Å². The second-order valence-electron chi connectivity index (χ2n) is 4.28. The first-order valence-corrected chi connectivity index (χ1v) is 5.95. The number of nitrogens with zero attached hydrogens (tertiary/aromatic N) is 2. The van der Waals surface area contributed by atoms with Crippen LogP contribution in [0, 0.1) is 5.92 Å². The summed E-state index contributed by atoms with van der Waals surface area (Å²) in [5.41, 5.74) is 0. The van der Waals surface area contributed by atoms with Crippen molar-refractivity contribution in [3.05, 3.63) is 25.6 Å². The lowest BCUT2D eigenvalue weighted by Crippen LogP contribution is -2.19. The van der Waals surface area contributed by atoms with Crippen LogP contribution in [0.2, 0.25) is 0 Å². The van der Waals surface area contributed by atoms with Gasteiger partial charge in [0.05, 0.1) is 0 Å². The zero-order valence-corrected chi connectivity index (χ0v) is 10.4. The Bertz CT molecular complexity index is 325. The molecule has 0 aliphatic carbocycles. The molecule has 0 aromatic rings. The molecule has 2 fully saturated rings. The minimum absolute atomic E-state index is 0.208. The molecule has 2 heterocycles. The molecule has 2 rings (SSSR count). The summed E-state index contributed by atoms with van der Waals surface area (Å²) in [6.07, 6.45) is 5.86. The number of hydrogen-bond acceptors (Lipinski definition) is 2. The summed E-state index contributed by atoms with van der Waals surface area (Å²) in [5, 5.41) is 0. The fourth-order valence-corrected chi connectivity index (χ4v) is 1.89. The van der Waals surface area contributed by atoms with Crippen LogP contribution in [0.3, 0.4) is 0 Å². The molecule has 2 amide bonds. The highest BCUT2D eigenvalue weighted by Crippen LogP contribution is 2.16. The van der Waals surface area contributed by atoms with E-state index in [2.05, 4.69) is 13.2 Å². The summed E-state index contributed by atoms with van der Waals surface area (Å²) < 4.78 is 0. The number of likely N-dealkylation sites (tertiary alicyclic amines) is 2. The molecule has 0 radical (unpaired) electrons. The van der Waals surface area contributed by atoms with Crippen molar-refractivity contribution < 1.29 is 9.59 Å². The molecule has 0 N–H and O–H groups in total. The SMILES string of the molecule is C=CN1CCC(C)C1=O.C=CN1CCCC1=O. The zero-order chi connectivity index (χ0) is 12.8. The minimum Gasteiger partial charge on any atom is -0.320 e. The number of amides is 2. The van der Waals surface area contributed by atoms with Crippen molar-refractivity contribution in [3.63, 3.8) is 0 Å². The van der Waals surface area contributed by atoms with Gasteiger partial charge < -0.3 is 9.80 Å². The topological polar surface area (TPSA) is 40.6 Å². The molecular weight excluding hydrogens is 216 g/mol. The third-order valence-electron chi connectivity index (χ3n) is 3.06. The van der Waals surface area contributed by atoms with E-state index in [1.165, 1.54) is 0 Å². The van der Waals surface area contributed by atoms with Gasteiger partial charge in [-0.1, -0.05) is 20.1 Å². The summed E-state index contributed by atoms with van der Waals surface area (Å²) in [4.78, 5) is 25.0. The fraction of sp³-hybridized carbons (Fsp3) is 0.538. The lowest BCUT2D eigenvalue weighted by atomic mass is 10.1. The average Bonchev–Trinajstić information content (AvgIpc) is 2.88. The highest BCUT2D eigenvalue weighted by Gasteiger charge is 2.25. The highest BCUT2D eigenvalue weighted by molar-refractivity contribution is 5.81. The lowest BCUT2D eigenvalue weighted by Gasteiger charge is -2.07. The van der Waals surface area contributed by atoms with E-state index in [-0.39, 0.29) is 17.7 Å². The van der Waals surface area contributed by atoms with Crippen molar-refractivity contribution in [2.45, 2.75) is 26.2 Å². The molecule has 0 aromatic heterocycles. The zero-order valence-electron chi connectivity index (χ0n) is 10.4. The van der Waals surface area contributed by atoms with Crippen LogP contribution in [0.1, 0.15) is 26.2 Å². The van der Waals surface area contributed by atoms with Crippen molar-refractivity contribution in [3.8, 4) is 0 Å². The van der Waals surface area contributed by atoms with Crippen molar-refractivity contribution in [1.29, 1.82) is 0 Å². The highest BCUT2D eigenvalue weighted by atomic mass is 16.2. The molecule has 4 nitrogen and oxygen atoms in total. The molecule has 4 heteroatoms. The molecule has 94 valence electrons. The molecule has 0 bridgehead atoms. The predicted molar refractivity (Wildman–Crippen MR) is 66.8 cm³/mol. The Labute approximate surface area is 103 Å². The first-order valence-electron chi connectivity index (χ1n) is 5.95. The monoisotopic (exact) mass is 236 g/mol. The first-order chi connectivity index (χ1) is 8.10. The van der Waals surface area contributed by atoms with Gasteiger partial charge in [0, 0.05) is 25.4 Å². The molecule has 2 aliphatic rings. The number of carbonyl (C=O) groups excluding carboxylic acids is 2. The van der Waals surface area contributed by atoms with Gasteiger partial charge in [0.2, 0.25) is 11.8 Å². The molecule has 0 saturated carbocycles. The molecule has 17 heavy (non-hydrogen) atoms. The van der Waals surface area contributed by atoms with Crippen LogP contribution >= 0.6 is 0 Å². The molecule has 1 unspecified atom stereocenters. The summed E-state index contributed by atoms with van der Waals surface area (Å²) in [5.74, 6) is 0.632. The van der Waals surface area contributed by atoms with Crippen LogP contribution in [0.4, 0.5) is 0 Å². The standard InChI is InChI=1S/C7H11NO.C6H9NO/c1-3-8-5-4-6(2)7(8)9;1-2-7-5-3-4-6(7)8/h3,6H,1,4-5H2,2H3;2H,1,3-5H2. The molecule has 1 atom stereocenters. The van der Waals surface area contributed by atoms with E-state index in [9.17, 15) is 9.59 Å². The number of hydrogen-bond donors (Lipinski definition) is 0. The quantitative estimate of drug-likeness (QED) is 0.733. The average molecular weight is 236 g/mol. The van der Waals surface area contributed by atoms with E-state index in [1.54, 1.807) is 22.2 Å². The Kier molecular flexibility index (Phi) is 4.94. The van der Waals surface area contributed by atoms with Gasteiger partial charge in [0.15, 0.2) is 0 Å². The van der Waals surface area contributed by atoms with Gasteiger partial charge in [0.1, 0.15) is 0 Å². The van der Waals surface area contributed by atoms with Gasteiger partial charge >= 0.3 is 0 Å². The molecule has 0 aromatic carbocycles. The van der Waals surface area contributed by atoms with Gasteiger partial charge in [-0.3, -0.25) is 9.59 Å². The largest absolute Gasteiger partial charge is 0.320 e. The predicted octanol–water partition coefficient (Wildman–Crippen LogP) is 1.75. The Morgan fingerprint density at radius 1 is 1.18 bits per heavy atom. The van der Waals surface area contributed by atoms with Crippen LogP contribution < -0.4 is 0 Å². The van der Waals surface area contributed by atoms with Gasteiger partial charge in [-0.2, -0.15) is 0 Å². The van der Waals surface area contributed by atoms with Crippen LogP contribution in [-0.4, -0.2) is 34.7 Å². The van der Waals surface area contributed by atoms with Gasteiger partial charge in [0.25, 0.3) is 0 Å². The second kappa shape index (κ2) is 6.23. The van der Waals surface area contributed by atoms with Gasteiger partial charge in [-0.05, 0) is 25.2 Å². The lowest BCUT2D eigenvalue weighted by molar-refractivity contribution is -0.128. The third-order valence-corrected chi connectivity index (χ3v) is 3.06. The van der Waals surface area contributed by atoms with Crippen LogP contribution in [-0.2, 0) is 9.59 Å². The summed E-state index contributed by atoms with van der Waals surface area (Å²) >= 11 is 0. The molecular formula is C13H20N2O2. The van der Waals surface area contributed by atoms with E-state index in [0.717, 1.165) is 25.9 Å². The second-order valence-corrected chi connectivity index (χ2v) is 4.28. The van der Waals surface area contributed by atoms with Crippen molar-refractivity contribution >= 4 is 11.8 Å². The van der Waals surface area contributed by atoms with E-state index in [0.29, 0.717) is 6.42 Å². The Balaban J connectivity index is 0.000000171.